The average molecular weight is 533 g/mol. The molecule has 3 aliphatic rings. The Balaban J connectivity index is 1.31. The molecule has 2 N–H and O–H groups in total. The maximum atomic E-state index is 13.7. The topological polar surface area (TPSA) is 97.5 Å². The van der Waals surface area contributed by atoms with Crippen LogP contribution in [0.1, 0.15) is 55.2 Å². The van der Waals surface area contributed by atoms with Crippen molar-refractivity contribution in [1.29, 1.82) is 0 Å². The van der Waals surface area contributed by atoms with Crippen LogP contribution >= 0.6 is 0 Å². The van der Waals surface area contributed by atoms with Crippen LogP contribution in [0.15, 0.2) is 47.6 Å². The monoisotopic (exact) mass is 532 g/mol. The molecule has 5 rings (SSSR count). The molecule has 39 heavy (non-hydrogen) atoms. The number of methoxy groups -OCH3 is 2. The van der Waals surface area contributed by atoms with Gasteiger partial charge in [0.15, 0.2) is 11.5 Å². The largest absolute Gasteiger partial charge is 0.493 e. The summed E-state index contributed by atoms with van der Waals surface area (Å²) >= 11 is 0. The Kier molecular flexibility index (Phi) is 8.21. The number of hydrogen-bond acceptors (Lipinski definition) is 6. The summed E-state index contributed by atoms with van der Waals surface area (Å²) < 4.78 is 11.0. The lowest BCUT2D eigenvalue weighted by molar-refractivity contribution is -0.143. The number of ether oxygens (including phenoxy) is 2. The number of amides is 2. The van der Waals surface area contributed by atoms with Crippen LogP contribution in [0, 0.1) is 18.8 Å². The Bertz CT molecular complexity index is 1220. The summed E-state index contributed by atoms with van der Waals surface area (Å²) in [4.78, 5) is 28.7. The molecule has 0 radical (unpaired) electrons. The van der Waals surface area contributed by atoms with E-state index in [1.54, 1.807) is 19.2 Å². The second-order valence-corrected chi connectivity index (χ2v) is 11.1. The summed E-state index contributed by atoms with van der Waals surface area (Å²) in [5.74, 6) is 1.49. The minimum absolute atomic E-state index is 0.0270. The highest BCUT2D eigenvalue weighted by molar-refractivity contribution is 6.07. The van der Waals surface area contributed by atoms with Gasteiger partial charge < -0.3 is 20.1 Å². The van der Waals surface area contributed by atoms with E-state index in [2.05, 4.69) is 0 Å². The van der Waals surface area contributed by atoms with E-state index < -0.39 is 6.04 Å². The number of fused-ring (bicyclic) bond motifs is 1. The maximum absolute atomic E-state index is 13.7. The van der Waals surface area contributed by atoms with Gasteiger partial charge in [-0.25, -0.2) is 5.01 Å². The lowest BCUT2D eigenvalue weighted by Gasteiger charge is -2.43. The van der Waals surface area contributed by atoms with Gasteiger partial charge in [0, 0.05) is 30.5 Å². The lowest BCUT2D eigenvalue weighted by Crippen LogP contribution is -2.54. The summed E-state index contributed by atoms with van der Waals surface area (Å²) in [6.07, 6.45) is 5.91. The maximum Gasteiger partial charge on any atom is 0.246 e. The second-order valence-electron chi connectivity index (χ2n) is 11.1. The van der Waals surface area contributed by atoms with Crippen molar-refractivity contribution in [3.8, 4) is 11.5 Å². The molecular weight excluding hydrogens is 492 g/mol. The van der Waals surface area contributed by atoms with E-state index in [4.69, 9.17) is 20.3 Å². The SMILES string of the molecule is COc1ccc(C2=NN(C3CCN(C(=O)[C@H](N)Cc4ccc(C)cc4)CC3)C(=O)[C@@H]3CCCC[C@H]23)cc1OC. The fourth-order valence-electron chi connectivity index (χ4n) is 6.32. The van der Waals surface area contributed by atoms with Crippen molar-refractivity contribution in [3.05, 3.63) is 59.2 Å². The van der Waals surface area contributed by atoms with Crippen LogP contribution in [0.3, 0.4) is 0 Å². The molecule has 3 atom stereocenters. The summed E-state index contributed by atoms with van der Waals surface area (Å²) in [5.41, 5.74) is 10.5. The third kappa shape index (κ3) is 5.66. The van der Waals surface area contributed by atoms with Gasteiger partial charge in [-0.1, -0.05) is 42.7 Å². The Labute approximate surface area is 231 Å². The third-order valence-electron chi connectivity index (χ3n) is 8.57. The number of carbonyl (C=O) groups is 2. The number of hydrazone groups is 1. The zero-order chi connectivity index (χ0) is 27.5. The van der Waals surface area contributed by atoms with Crippen LogP contribution in [-0.4, -0.2) is 66.8 Å². The van der Waals surface area contributed by atoms with Crippen LogP contribution in [0.25, 0.3) is 0 Å². The zero-order valence-corrected chi connectivity index (χ0v) is 23.3. The van der Waals surface area contributed by atoms with Crippen molar-refractivity contribution >= 4 is 17.5 Å². The normalized spacial score (nSPS) is 22.7. The first-order valence-corrected chi connectivity index (χ1v) is 14.1. The molecule has 0 unspecified atom stereocenters. The van der Waals surface area contributed by atoms with Crippen molar-refractivity contribution in [2.75, 3.05) is 27.3 Å². The van der Waals surface area contributed by atoms with Gasteiger partial charge in [0.1, 0.15) is 0 Å². The van der Waals surface area contributed by atoms with E-state index in [-0.39, 0.29) is 29.7 Å². The molecule has 2 fully saturated rings. The summed E-state index contributed by atoms with van der Waals surface area (Å²) in [6, 6.07) is 13.4. The van der Waals surface area contributed by atoms with Crippen molar-refractivity contribution in [2.24, 2.45) is 22.7 Å². The molecule has 208 valence electrons. The summed E-state index contributed by atoms with van der Waals surface area (Å²) in [7, 11) is 3.25. The molecule has 0 aromatic heterocycles. The first-order chi connectivity index (χ1) is 18.9. The first-order valence-electron chi connectivity index (χ1n) is 14.1. The smallest absolute Gasteiger partial charge is 0.246 e. The predicted molar refractivity (Wildman–Crippen MR) is 151 cm³/mol. The predicted octanol–water partition coefficient (Wildman–Crippen LogP) is 3.93. The molecule has 0 spiro atoms. The van der Waals surface area contributed by atoms with Gasteiger partial charge in [-0.05, 0) is 62.8 Å². The number of aryl methyl sites for hydroxylation is 1. The molecule has 2 amide bonds. The number of piperidine rings is 1. The van der Waals surface area contributed by atoms with Gasteiger partial charge >= 0.3 is 0 Å². The molecule has 2 aromatic carbocycles. The van der Waals surface area contributed by atoms with Crippen LogP contribution in [-0.2, 0) is 16.0 Å². The van der Waals surface area contributed by atoms with Crippen molar-refractivity contribution in [2.45, 2.75) is 64.0 Å². The number of carbonyl (C=O) groups excluding carboxylic acids is 2. The number of hydrogen-bond donors (Lipinski definition) is 1. The molecule has 1 saturated carbocycles. The second kappa shape index (κ2) is 11.8. The zero-order valence-electron chi connectivity index (χ0n) is 23.3. The van der Waals surface area contributed by atoms with Crippen LogP contribution in [0.5, 0.6) is 11.5 Å². The molecule has 2 aromatic rings. The fraction of sp³-hybridized carbons (Fsp3) is 0.516. The molecule has 2 aliphatic heterocycles. The van der Waals surface area contributed by atoms with Gasteiger partial charge in [-0.3, -0.25) is 9.59 Å². The van der Waals surface area contributed by atoms with E-state index in [0.717, 1.165) is 42.5 Å². The summed E-state index contributed by atoms with van der Waals surface area (Å²) in [5, 5.41) is 6.76. The quantitative estimate of drug-likeness (QED) is 0.583. The van der Waals surface area contributed by atoms with Gasteiger partial charge in [0.05, 0.1) is 32.0 Å². The first kappa shape index (κ1) is 27.2. The minimum atomic E-state index is -0.571. The number of nitrogens with two attached hydrogens (primary N) is 1. The van der Waals surface area contributed by atoms with E-state index >= 15 is 0 Å². The minimum Gasteiger partial charge on any atom is -0.493 e. The van der Waals surface area contributed by atoms with Crippen molar-refractivity contribution < 1.29 is 19.1 Å². The number of rotatable bonds is 7. The Morgan fingerprint density at radius 2 is 1.64 bits per heavy atom. The Morgan fingerprint density at radius 1 is 0.974 bits per heavy atom. The average Bonchev–Trinajstić information content (AvgIpc) is 2.98. The van der Waals surface area contributed by atoms with Gasteiger partial charge in [-0.15, -0.1) is 0 Å². The highest BCUT2D eigenvalue weighted by atomic mass is 16.5. The third-order valence-corrected chi connectivity index (χ3v) is 8.57. The molecule has 0 bridgehead atoms. The Morgan fingerprint density at radius 3 is 2.31 bits per heavy atom. The summed E-state index contributed by atoms with van der Waals surface area (Å²) in [6.45, 7) is 3.19. The standard InChI is InChI=1S/C31H40N4O4/c1-20-8-10-21(11-9-20)18-26(32)31(37)34-16-14-23(15-17-34)35-30(36)25-7-5-4-6-24(25)29(33-35)22-12-13-27(38-2)28(19-22)39-3/h8-13,19,23-26H,4-7,14-18,32H2,1-3H3/t24-,25+,26+/m0/s1. The highest BCUT2D eigenvalue weighted by Crippen LogP contribution is 2.40. The van der Waals surface area contributed by atoms with Crippen LogP contribution in [0.4, 0.5) is 0 Å². The molecular formula is C31H40N4O4. The van der Waals surface area contributed by atoms with Crippen molar-refractivity contribution in [3.63, 3.8) is 0 Å². The molecule has 2 heterocycles. The Hall–Kier alpha value is -3.39. The van der Waals surface area contributed by atoms with Gasteiger partial charge in [0.25, 0.3) is 0 Å². The highest BCUT2D eigenvalue weighted by Gasteiger charge is 2.44. The number of likely N-dealkylation sites (tertiary alicyclic amines) is 1. The number of benzene rings is 2. The van der Waals surface area contributed by atoms with Gasteiger partial charge in [0.2, 0.25) is 11.8 Å². The lowest BCUT2D eigenvalue weighted by atomic mass is 9.73. The van der Waals surface area contributed by atoms with E-state index in [1.807, 2.05) is 54.3 Å². The van der Waals surface area contributed by atoms with Gasteiger partial charge in [-0.2, -0.15) is 5.10 Å². The molecule has 8 nitrogen and oxygen atoms in total. The van der Waals surface area contributed by atoms with E-state index in [9.17, 15) is 9.59 Å². The van der Waals surface area contributed by atoms with E-state index in [1.165, 1.54) is 5.56 Å². The van der Waals surface area contributed by atoms with Crippen LogP contribution < -0.4 is 15.2 Å². The molecule has 8 heteroatoms. The number of nitrogens with zero attached hydrogens (tertiary/aromatic N) is 3. The van der Waals surface area contributed by atoms with E-state index in [0.29, 0.717) is 43.9 Å². The fourth-order valence-corrected chi connectivity index (χ4v) is 6.32. The molecule has 1 aliphatic carbocycles. The molecule has 1 saturated heterocycles. The van der Waals surface area contributed by atoms with Crippen LogP contribution in [0.2, 0.25) is 0 Å². The van der Waals surface area contributed by atoms with Crippen molar-refractivity contribution in [1.82, 2.24) is 9.91 Å².